The minimum atomic E-state index is -1.12. The van der Waals surface area contributed by atoms with Gasteiger partial charge < -0.3 is 9.84 Å². The van der Waals surface area contributed by atoms with E-state index in [9.17, 15) is 9.18 Å². The Morgan fingerprint density at radius 3 is 2.75 bits per heavy atom. The van der Waals surface area contributed by atoms with Crippen LogP contribution in [-0.2, 0) is 0 Å². The van der Waals surface area contributed by atoms with Gasteiger partial charge in [0.15, 0.2) is 11.4 Å². The van der Waals surface area contributed by atoms with Gasteiger partial charge in [0, 0.05) is 16.8 Å². The van der Waals surface area contributed by atoms with Crippen LogP contribution >= 0.6 is 11.8 Å². The number of rotatable bonds is 6. The van der Waals surface area contributed by atoms with Crippen LogP contribution in [0.3, 0.4) is 0 Å². The highest BCUT2D eigenvalue weighted by molar-refractivity contribution is 7.99. The van der Waals surface area contributed by atoms with Crippen LogP contribution < -0.4 is 4.74 Å². The van der Waals surface area contributed by atoms with Crippen molar-refractivity contribution in [3.63, 3.8) is 0 Å². The second-order valence-electron chi connectivity index (χ2n) is 3.81. The topological polar surface area (TPSA) is 59.4 Å². The van der Waals surface area contributed by atoms with Crippen LogP contribution in [0.25, 0.3) is 0 Å². The van der Waals surface area contributed by atoms with Crippen LogP contribution in [0.2, 0.25) is 0 Å². The Labute approximate surface area is 119 Å². The van der Waals surface area contributed by atoms with Crippen molar-refractivity contribution in [1.29, 1.82) is 0 Å². The van der Waals surface area contributed by atoms with Crippen LogP contribution in [0.4, 0.5) is 4.39 Å². The summed E-state index contributed by atoms with van der Waals surface area (Å²) in [6, 6.07) is 9.35. The molecule has 1 aromatic carbocycles. The predicted octanol–water partition coefficient (Wildman–Crippen LogP) is 3.09. The number of hydrogen-bond donors (Lipinski definition) is 1. The summed E-state index contributed by atoms with van der Waals surface area (Å²) >= 11 is 1.50. The highest BCUT2D eigenvalue weighted by atomic mass is 32.2. The molecule has 6 heteroatoms. The number of aromatic nitrogens is 1. The molecule has 2 aromatic rings. The predicted molar refractivity (Wildman–Crippen MR) is 73.8 cm³/mol. The first-order valence-corrected chi connectivity index (χ1v) is 6.85. The number of ether oxygens (including phenoxy) is 1. The molecule has 0 saturated carbocycles. The zero-order chi connectivity index (χ0) is 14.4. The summed E-state index contributed by atoms with van der Waals surface area (Å²) in [7, 11) is 0. The van der Waals surface area contributed by atoms with E-state index in [-0.39, 0.29) is 17.3 Å². The minimum absolute atomic E-state index is 0.0979. The Balaban J connectivity index is 1.84. The average molecular weight is 293 g/mol. The number of pyridine rings is 1. The van der Waals surface area contributed by atoms with E-state index in [1.165, 1.54) is 30.1 Å². The molecule has 0 fully saturated rings. The molecule has 104 valence electrons. The molecular formula is C14H12FNO3S. The van der Waals surface area contributed by atoms with Crippen molar-refractivity contribution < 1.29 is 19.0 Å². The van der Waals surface area contributed by atoms with Crippen LogP contribution in [0.1, 0.15) is 10.5 Å². The van der Waals surface area contributed by atoms with E-state index >= 15 is 0 Å². The third kappa shape index (κ3) is 3.96. The molecular weight excluding hydrogens is 281 g/mol. The van der Waals surface area contributed by atoms with Crippen molar-refractivity contribution in [1.82, 2.24) is 4.98 Å². The first-order valence-electron chi connectivity index (χ1n) is 5.86. The Morgan fingerprint density at radius 2 is 2.05 bits per heavy atom. The summed E-state index contributed by atoms with van der Waals surface area (Å²) in [6.45, 7) is 0.341. The molecule has 0 aliphatic heterocycles. The van der Waals surface area contributed by atoms with Gasteiger partial charge in [0.05, 0.1) is 6.61 Å². The van der Waals surface area contributed by atoms with Gasteiger partial charge >= 0.3 is 5.97 Å². The van der Waals surface area contributed by atoms with E-state index in [1.54, 1.807) is 24.3 Å². The van der Waals surface area contributed by atoms with E-state index in [0.29, 0.717) is 12.4 Å². The highest BCUT2D eigenvalue weighted by Gasteiger charge is 2.11. The maximum absolute atomic E-state index is 12.7. The van der Waals surface area contributed by atoms with E-state index in [1.807, 2.05) is 0 Å². The van der Waals surface area contributed by atoms with Gasteiger partial charge in [-0.2, -0.15) is 0 Å². The summed E-state index contributed by atoms with van der Waals surface area (Å²) in [5, 5.41) is 8.94. The lowest BCUT2D eigenvalue weighted by Gasteiger charge is -2.07. The van der Waals surface area contributed by atoms with E-state index in [4.69, 9.17) is 9.84 Å². The molecule has 2 rings (SSSR count). The SMILES string of the molecule is O=C(O)c1ncccc1OCCSc1ccc(F)cc1. The molecule has 0 aliphatic carbocycles. The fourth-order valence-electron chi connectivity index (χ4n) is 1.51. The third-order valence-corrected chi connectivity index (χ3v) is 3.37. The second kappa shape index (κ2) is 6.91. The smallest absolute Gasteiger partial charge is 0.358 e. The van der Waals surface area contributed by atoms with Crippen LogP contribution in [0, 0.1) is 5.82 Å². The highest BCUT2D eigenvalue weighted by Crippen LogP contribution is 2.19. The quantitative estimate of drug-likeness (QED) is 0.655. The molecule has 0 radical (unpaired) electrons. The molecule has 4 nitrogen and oxygen atoms in total. The monoisotopic (exact) mass is 293 g/mol. The molecule has 0 unspecified atom stereocenters. The number of carboxylic acids is 1. The van der Waals surface area contributed by atoms with Crippen molar-refractivity contribution >= 4 is 17.7 Å². The summed E-state index contributed by atoms with van der Waals surface area (Å²) in [5.41, 5.74) is -0.0979. The second-order valence-corrected chi connectivity index (χ2v) is 4.97. The zero-order valence-electron chi connectivity index (χ0n) is 10.5. The Bertz CT molecular complexity index is 589. The summed E-state index contributed by atoms with van der Waals surface area (Å²) < 4.78 is 18.1. The van der Waals surface area contributed by atoms with Crippen molar-refractivity contribution in [3.05, 3.63) is 54.1 Å². The molecule has 1 N–H and O–H groups in total. The first-order chi connectivity index (χ1) is 9.66. The Hall–Kier alpha value is -2.08. The molecule has 0 atom stereocenters. The third-order valence-electron chi connectivity index (χ3n) is 2.40. The lowest BCUT2D eigenvalue weighted by atomic mass is 10.3. The van der Waals surface area contributed by atoms with Crippen molar-refractivity contribution in [3.8, 4) is 5.75 Å². The number of nitrogens with zero attached hydrogens (tertiary/aromatic N) is 1. The maximum atomic E-state index is 12.7. The lowest BCUT2D eigenvalue weighted by molar-refractivity contribution is 0.0685. The molecule has 20 heavy (non-hydrogen) atoms. The van der Waals surface area contributed by atoms with Crippen molar-refractivity contribution in [2.24, 2.45) is 0 Å². The van der Waals surface area contributed by atoms with Gasteiger partial charge in [-0.15, -0.1) is 11.8 Å². The standard InChI is InChI=1S/C14H12FNO3S/c15-10-3-5-11(6-4-10)20-9-8-19-12-2-1-7-16-13(12)14(17)18/h1-7H,8-9H2,(H,17,18). The van der Waals surface area contributed by atoms with Gasteiger partial charge in [0.2, 0.25) is 0 Å². The molecule has 0 spiro atoms. The fraction of sp³-hybridized carbons (Fsp3) is 0.143. The fourth-order valence-corrected chi connectivity index (χ4v) is 2.24. The molecule has 0 amide bonds. The summed E-state index contributed by atoms with van der Waals surface area (Å²) in [4.78, 5) is 15.6. The molecule has 1 heterocycles. The van der Waals surface area contributed by atoms with E-state index in [2.05, 4.69) is 4.98 Å². The molecule has 0 bridgehead atoms. The minimum Gasteiger partial charge on any atom is -0.490 e. The van der Waals surface area contributed by atoms with Crippen molar-refractivity contribution in [2.75, 3.05) is 12.4 Å². The molecule has 0 saturated heterocycles. The van der Waals surface area contributed by atoms with Crippen molar-refractivity contribution in [2.45, 2.75) is 4.90 Å². The number of carbonyl (C=O) groups is 1. The summed E-state index contributed by atoms with van der Waals surface area (Å²) in [5.74, 6) is -0.516. The van der Waals surface area contributed by atoms with E-state index < -0.39 is 5.97 Å². The summed E-state index contributed by atoms with van der Waals surface area (Å²) in [6.07, 6.45) is 1.41. The van der Waals surface area contributed by atoms with Gasteiger partial charge in [-0.05, 0) is 36.4 Å². The van der Waals surface area contributed by atoms with Gasteiger partial charge in [-0.1, -0.05) is 0 Å². The number of hydrogen-bond acceptors (Lipinski definition) is 4. The van der Waals surface area contributed by atoms with E-state index in [0.717, 1.165) is 4.90 Å². The average Bonchev–Trinajstić information content (AvgIpc) is 2.46. The van der Waals surface area contributed by atoms with Crippen LogP contribution in [0.5, 0.6) is 5.75 Å². The number of thioether (sulfide) groups is 1. The Kier molecular flexibility index (Phi) is 4.95. The number of halogens is 1. The number of carboxylic acid groups (broad SMARTS) is 1. The van der Waals surface area contributed by atoms with Gasteiger partial charge in [0.1, 0.15) is 5.82 Å². The Morgan fingerprint density at radius 1 is 1.30 bits per heavy atom. The number of aromatic carboxylic acids is 1. The van der Waals surface area contributed by atoms with Gasteiger partial charge in [0.25, 0.3) is 0 Å². The normalized spacial score (nSPS) is 10.2. The largest absolute Gasteiger partial charge is 0.490 e. The van der Waals surface area contributed by atoms with Gasteiger partial charge in [-0.25, -0.2) is 14.2 Å². The van der Waals surface area contributed by atoms with Crippen LogP contribution in [-0.4, -0.2) is 28.4 Å². The zero-order valence-corrected chi connectivity index (χ0v) is 11.3. The first kappa shape index (κ1) is 14.3. The molecule has 0 aliphatic rings. The van der Waals surface area contributed by atoms with Gasteiger partial charge in [-0.3, -0.25) is 0 Å². The maximum Gasteiger partial charge on any atom is 0.358 e. The number of benzene rings is 1. The lowest BCUT2D eigenvalue weighted by Crippen LogP contribution is -2.07. The van der Waals surface area contributed by atoms with Crippen LogP contribution in [0.15, 0.2) is 47.5 Å². The molecule has 1 aromatic heterocycles.